The second-order valence-corrected chi connectivity index (χ2v) is 7.08. The number of methoxy groups -OCH3 is 1. The van der Waals surface area contributed by atoms with Crippen molar-refractivity contribution >= 4 is 17.8 Å². The molecule has 34 heavy (non-hydrogen) atoms. The van der Waals surface area contributed by atoms with Crippen molar-refractivity contribution in [1.29, 1.82) is 0 Å². The molecule has 0 radical (unpaired) electrons. The number of aryl methyl sites for hydroxylation is 2. The molecule has 3 amide bonds. The number of imide groups is 1. The molecule has 1 heterocycles. The molecular weight excluding hydrogens is 458 g/mol. The molecule has 2 N–H and O–H groups in total. The van der Waals surface area contributed by atoms with Gasteiger partial charge < -0.3 is 9.47 Å². The van der Waals surface area contributed by atoms with Crippen LogP contribution in [-0.4, -0.2) is 30.4 Å². The van der Waals surface area contributed by atoms with Crippen molar-refractivity contribution < 1.29 is 36.6 Å². The third kappa shape index (κ3) is 5.80. The standard InChI is InChI=1S/C23H19F4N3O4/c1-12-11-18(29-22(32)30-21(31)20-16(24)5-4-6-17(20)33-3)28-13(2)19(12)14-7-9-15(10-8-14)34-23(25,26)27/h4-11H,1-3H3,(H2,28,29,30,31,32). The van der Waals surface area contributed by atoms with Crippen LogP contribution in [0.25, 0.3) is 11.1 Å². The second kappa shape index (κ2) is 9.77. The van der Waals surface area contributed by atoms with Gasteiger partial charge in [-0.25, -0.2) is 14.2 Å². The van der Waals surface area contributed by atoms with Crippen LogP contribution in [0.15, 0.2) is 48.5 Å². The normalized spacial score (nSPS) is 11.0. The minimum atomic E-state index is -4.79. The molecular formula is C23H19F4N3O4. The van der Waals surface area contributed by atoms with Crippen LogP contribution in [0.2, 0.25) is 0 Å². The molecule has 0 atom stereocenters. The minimum absolute atomic E-state index is 0.0360. The van der Waals surface area contributed by atoms with Gasteiger partial charge in [0.2, 0.25) is 0 Å². The van der Waals surface area contributed by atoms with Crippen LogP contribution in [-0.2, 0) is 0 Å². The van der Waals surface area contributed by atoms with Gasteiger partial charge in [0.25, 0.3) is 5.91 Å². The summed E-state index contributed by atoms with van der Waals surface area (Å²) in [5.41, 5.74) is 1.96. The number of benzene rings is 2. The molecule has 0 spiro atoms. The summed E-state index contributed by atoms with van der Waals surface area (Å²) in [6.07, 6.45) is -4.79. The summed E-state index contributed by atoms with van der Waals surface area (Å²) in [6.45, 7) is 3.38. The molecule has 0 unspecified atom stereocenters. The van der Waals surface area contributed by atoms with Crippen molar-refractivity contribution in [3.63, 3.8) is 0 Å². The first-order valence-corrected chi connectivity index (χ1v) is 9.77. The highest BCUT2D eigenvalue weighted by atomic mass is 19.4. The summed E-state index contributed by atoms with van der Waals surface area (Å²) in [7, 11) is 1.26. The maximum Gasteiger partial charge on any atom is 0.573 e. The van der Waals surface area contributed by atoms with Crippen LogP contribution >= 0.6 is 0 Å². The Balaban J connectivity index is 1.75. The summed E-state index contributed by atoms with van der Waals surface area (Å²) in [5.74, 6) is -2.14. The zero-order chi connectivity index (χ0) is 25.0. The van der Waals surface area contributed by atoms with Gasteiger partial charge in [-0.05, 0) is 55.3 Å². The first-order valence-electron chi connectivity index (χ1n) is 9.77. The molecule has 0 bridgehead atoms. The van der Waals surface area contributed by atoms with E-state index in [9.17, 15) is 27.2 Å². The largest absolute Gasteiger partial charge is 0.573 e. The van der Waals surface area contributed by atoms with E-state index in [-0.39, 0.29) is 17.3 Å². The molecule has 3 rings (SSSR count). The number of nitrogens with zero attached hydrogens (tertiary/aromatic N) is 1. The fourth-order valence-electron chi connectivity index (χ4n) is 3.36. The SMILES string of the molecule is COc1cccc(F)c1C(=O)NC(=O)Nc1cc(C)c(-c2ccc(OC(F)(F)F)cc2)c(C)n1. The van der Waals surface area contributed by atoms with Crippen LogP contribution in [0, 0.1) is 19.7 Å². The molecule has 0 fully saturated rings. The van der Waals surface area contributed by atoms with E-state index in [1.54, 1.807) is 13.8 Å². The van der Waals surface area contributed by atoms with Crippen LogP contribution < -0.4 is 20.1 Å². The minimum Gasteiger partial charge on any atom is -0.496 e. The molecule has 0 saturated carbocycles. The second-order valence-electron chi connectivity index (χ2n) is 7.08. The lowest BCUT2D eigenvalue weighted by atomic mass is 9.99. The van der Waals surface area contributed by atoms with Crippen LogP contribution in [0.5, 0.6) is 11.5 Å². The number of carbonyl (C=O) groups is 2. The fraction of sp³-hybridized carbons (Fsp3) is 0.174. The summed E-state index contributed by atoms with van der Waals surface area (Å²) >= 11 is 0. The van der Waals surface area contributed by atoms with Crippen molar-refractivity contribution in [2.45, 2.75) is 20.2 Å². The lowest BCUT2D eigenvalue weighted by molar-refractivity contribution is -0.274. The molecule has 0 aliphatic carbocycles. The average molecular weight is 477 g/mol. The van der Waals surface area contributed by atoms with Gasteiger partial charge in [-0.2, -0.15) is 0 Å². The van der Waals surface area contributed by atoms with E-state index >= 15 is 0 Å². The number of hydrogen-bond donors (Lipinski definition) is 2. The summed E-state index contributed by atoms with van der Waals surface area (Å²) in [6, 6.07) is 9.66. The first-order chi connectivity index (χ1) is 16.0. The Morgan fingerprint density at radius 3 is 2.29 bits per heavy atom. The van der Waals surface area contributed by atoms with Gasteiger partial charge in [0.05, 0.1) is 7.11 Å². The monoisotopic (exact) mass is 477 g/mol. The van der Waals surface area contributed by atoms with Crippen molar-refractivity contribution in [1.82, 2.24) is 10.3 Å². The predicted octanol–water partition coefficient (Wildman–Crippen LogP) is 5.37. The van der Waals surface area contributed by atoms with Crippen LogP contribution in [0.3, 0.4) is 0 Å². The Morgan fingerprint density at radius 1 is 1.03 bits per heavy atom. The van der Waals surface area contributed by atoms with E-state index < -0.39 is 29.7 Å². The summed E-state index contributed by atoms with van der Waals surface area (Å²) in [4.78, 5) is 28.9. The Morgan fingerprint density at radius 2 is 1.71 bits per heavy atom. The Hall–Kier alpha value is -4.15. The molecule has 2 aromatic carbocycles. The quantitative estimate of drug-likeness (QED) is 0.482. The van der Waals surface area contributed by atoms with E-state index in [0.29, 0.717) is 22.4 Å². The zero-order valence-corrected chi connectivity index (χ0v) is 18.2. The number of ether oxygens (including phenoxy) is 2. The number of urea groups is 1. The van der Waals surface area contributed by atoms with Crippen molar-refractivity contribution in [3.05, 3.63) is 71.2 Å². The Bertz CT molecular complexity index is 1200. The number of carbonyl (C=O) groups excluding carboxylic acids is 2. The van der Waals surface area contributed by atoms with Crippen LogP contribution in [0.4, 0.5) is 28.2 Å². The number of nitrogens with one attached hydrogen (secondary N) is 2. The van der Waals surface area contributed by atoms with Gasteiger partial charge in [-0.1, -0.05) is 18.2 Å². The van der Waals surface area contributed by atoms with E-state index in [2.05, 4.69) is 15.0 Å². The summed E-state index contributed by atoms with van der Waals surface area (Å²) in [5, 5.41) is 4.42. The number of anilines is 1. The van der Waals surface area contributed by atoms with Gasteiger partial charge in [0.15, 0.2) is 0 Å². The molecule has 11 heteroatoms. The lowest BCUT2D eigenvalue weighted by Crippen LogP contribution is -2.35. The number of hydrogen-bond acceptors (Lipinski definition) is 5. The van der Waals surface area contributed by atoms with Gasteiger partial charge in [0, 0.05) is 11.3 Å². The highest BCUT2D eigenvalue weighted by Gasteiger charge is 2.31. The number of amides is 3. The highest BCUT2D eigenvalue weighted by Crippen LogP contribution is 2.31. The average Bonchev–Trinajstić information content (AvgIpc) is 2.72. The van der Waals surface area contributed by atoms with Gasteiger partial charge in [0.1, 0.15) is 28.7 Å². The van der Waals surface area contributed by atoms with Crippen molar-refractivity contribution in [2.75, 3.05) is 12.4 Å². The predicted molar refractivity (Wildman–Crippen MR) is 115 cm³/mol. The third-order valence-corrected chi connectivity index (χ3v) is 4.67. The van der Waals surface area contributed by atoms with Crippen LogP contribution in [0.1, 0.15) is 21.6 Å². The molecule has 7 nitrogen and oxygen atoms in total. The summed E-state index contributed by atoms with van der Waals surface area (Å²) < 4.78 is 59.9. The number of aromatic nitrogens is 1. The maximum atomic E-state index is 14.0. The lowest BCUT2D eigenvalue weighted by Gasteiger charge is -2.14. The van der Waals surface area contributed by atoms with E-state index in [4.69, 9.17) is 4.74 Å². The van der Waals surface area contributed by atoms with E-state index in [1.165, 1.54) is 49.6 Å². The Labute approximate surface area is 191 Å². The van der Waals surface area contributed by atoms with E-state index in [1.807, 2.05) is 5.32 Å². The first kappa shape index (κ1) is 24.5. The van der Waals surface area contributed by atoms with Gasteiger partial charge in [-0.15, -0.1) is 13.2 Å². The fourth-order valence-corrected chi connectivity index (χ4v) is 3.36. The highest BCUT2D eigenvalue weighted by molar-refractivity contribution is 6.09. The zero-order valence-electron chi connectivity index (χ0n) is 18.2. The van der Waals surface area contributed by atoms with E-state index in [0.717, 1.165) is 6.07 Å². The number of pyridine rings is 1. The smallest absolute Gasteiger partial charge is 0.496 e. The molecule has 178 valence electrons. The van der Waals surface area contributed by atoms with Crippen molar-refractivity contribution in [2.24, 2.45) is 0 Å². The number of halogens is 4. The van der Waals surface area contributed by atoms with Gasteiger partial charge >= 0.3 is 12.4 Å². The third-order valence-electron chi connectivity index (χ3n) is 4.67. The molecule has 0 aliphatic heterocycles. The number of rotatable bonds is 5. The maximum absolute atomic E-state index is 14.0. The molecule has 0 aliphatic rings. The molecule has 1 aromatic heterocycles. The molecule has 0 saturated heterocycles. The topological polar surface area (TPSA) is 89.5 Å². The van der Waals surface area contributed by atoms with Crippen molar-refractivity contribution in [3.8, 4) is 22.6 Å². The number of alkyl halides is 3. The molecule has 3 aromatic rings. The Kier molecular flexibility index (Phi) is 7.04. The van der Waals surface area contributed by atoms with Gasteiger partial charge in [-0.3, -0.25) is 15.4 Å².